The maximum absolute atomic E-state index is 12.1. The van der Waals surface area contributed by atoms with Gasteiger partial charge in [-0.25, -0.2) is 0 Å². The molecule has 0 saturated heterocycles. The molecule has 2 heterocycles. The van der Waals surface area contributed by atoms with Crippen LogP contribution in [-0.2, 0) is 9.53 Å². The number of amides is 1. The molecule has 146 valence electrons. The summed E-state index contributed by atoms with van der Waals surface area (Å²) in [5, 5.41) is 23.8. The summed E-state index contributed by atoms with van der Waals surface area (Å²) < 4.78 is 5.85. The fourth-order valence-electron chi connectivity index (χ4n) is 3.04. The predicted octanol–water partition coefficient (Wildman–Crippen LogP) is 3.53. The minimum Gasteiger partial charge on any atom is -0.444 e. The zero-order chi connectivity index (χ0) is 20.5. The summed E-state index contributed by atoms with van der Waals surface area (Å²) in [6.45, 7) is 3.32. The van der Waals surface area contributed by atoms with Crippen molar-refractivity contribution >= 4 is 17.5 Å². The molecule has 1 unspecified atom stereocenters. The first kappa shape index (κ1) is 18.4. The molecule has 9 heteroatoms. The molecule has 1 aromatic heterocycles. The number of carbonyl (C=O) groups excluding carboxylic acids is 1. The number of hydrazone groups is 1. The Morgan fingerprint density at radius 1 is 1.21 bits per heavy atom. The Balaban J connectivity index is 1.67. The van der Waals surface area contributed by atoms with Crippen LogP contribution in [0.25, 0.3) is 11.3 Å². The molecule has 1 N–H and O–H groups in total. The van der Waals surface area contributed by atoms with Gasteiger partial charge in [-0.05, 0) is 19.1 Å². The zero-order valence-corrected chi connectivity index (χ0v) is 15.7. The summed E-state index contributed by atoms with van der Waals surface area (Å²) in [6.07, 6.45) is -1.03. The highest BCUT2D eigenvalue weighted by Crippen LogP contribution is 2.35. The molecule has 3 aromatic rings. The fraction of sp³-hybridized carbons (Fsp3) is 0.150. The van der Waals surface area contributed by atoms with Crippen LogP contribution in [0.1, 0.15) is 30.0 Å². The zero-order valence-electron chi connectivity index (χ0n) is 15.7. The number of rotatable bonds is 4. The molecule has 29 heavy (non-hydrogen) atoms. The number of aryl methyl sites for hydroxylation is 1. The number of nitrogens with zero attached hydrogens (tertiary/aromatic N) is 4. The Hall–Kier alpha value is -4.01. The van der Waals surface area contributed by atoms with Crippen LogP contribution >= 0.6 is 0 Å². The molecule has 0 saturated carbocycles. The highest BCUT2D eigenvalue weighted by Gasteiger charge is 2.37. The van der Waals surface area contributed by atoms with Crippen molar-refractivity contribution in [3.8, 4) is 11.3 Å². The van der Waals surface area contributed by atoms with Gasteiger partial charge in [-0.15, -0.1) is 5.10 Å². The van der Waals surface area contributed by atoms with E-state index in [1.807, 2.05) is 31.2 Å². The maximum atomic E-state index is 12.1. The van der Waals surface area contributed by atoms with E-state index in [9.17, 15) is 14.9 Å². The van der Waals surface area contributed by atoms with Gasteiger partial charge in [0.05, 0.1) is 16.2 Å². The van der Waals surface area contributed by atoms with Crippen molar-refractivity contribution in [3.63, 3.8) is 0 Å². The van der Waals surface area contributed by atoms with Crippen LogP contribution in [0.15, 0.2) is 59.7 Å². The van der Waals surface area contributed by atoms with Crippen LogP contribution in [0.2, 0.25) is 0 Å². The molecule has 0 bridgehead atoms. The molecule has 4 rings (SSSR count). The Labute approximate surface area is 165 Å². The summed E-state index contributed by atoms with van der Waals surface area (Å²) in [5.74, 6) is -0.268. The summed E-state index contributed by atoms with van der Waals surface area (Å²) in [6, 6.07) is 15.7. The van der Waals surface area contributed by atoms with Gasteiger partial charge < -0.3 is 4.74 Å². The Morgan fingerprint density at radius 3 is 2.62 bits per heavy atom. The monoisotopic (exact) mass is 391 g/mol. The normalized spacial score (nSPS) is 15.7. The number of hydrogen-bond acceptors (Lipinski definition) is 6. The van der Waals surface area contributed by atoms with Gasteiger partial charge in [-0.1, -0.05) is 42.0 Å². The fourth-order valence-corrected chi connectivity index (χ4v) is 3.04. The van der Waals surface area contributed by atoms with Crippen LogP contribution in [-0.4, -0.2) is 31.9 Å². The lowest BCUT2D eigenvalue weighted by Gasteiger charge is -2.18. The van der Waals surface area contributed by atoms with E-state index >= 15 is 0 Å². The van der Waals surface area contributed by atoms with Crippen molar-refractivity contribution in [2.45, 2.75) is 20.1 Å². The minimum absolute atomic E-state index is 0.134. The molecule has 2 aromatic carbocycles. The largest absolute Gasteiger partial charge is 0.444 e. The lowest BCUT2D eigenvalue weighted by atomic mass is 10.1. The Morgan fingerprint density at radius 2 is 1.93 bits per heavy atom. The van der Waals surface area contributed by atoms with Gasteiger partial charge in [0.2, 0.25) is 12.1 Å². The average molecular weight is 391 g/mol. The molecule has 1 amide bonds. The van der Waals surface area contributed by atoms with E-state index in [0.29, 0.717) is 11.4 Å². The van der Waals surface area contributed by atoms with Crippen molar-refractivity contribution in [2.24, 2.45) is 5.10 Å². The average Bonchev–Trinajstić information content (AvgIpc) is 3.36. The number of carbonyl (C=O) groups is 1. The van der Waals surface area contributed by atoms with Gasteiger partial charge >= 0.3 is 0 Å². The SMILES string of the molecule is CC(=O)N1N=C(c2cc(-c3ccc(C)cc3)n[nH]2)OC1c1ccccc1[N+](=O)[O-]. The lowest BCUT2D eigenvalue weighted by molar-refractivity contribution is -0.386. The molecule has 0 radical (unpaired) electrons. The first-order chi connectivity index (χ1) is 13.9. The van der Waals surface area contributed by atoms with Crippen LogP contribution in [0, 0.1) is 17.0 Å². The quantitative estimate of drug-likeness (QED) is 0.540. The summed E-state index contributed by atoms with van der Waals surface area (Å²) in [5.41, 5.74) is 3.30. The number of nitro groups is 1. The molecular formula is C20H17N5O4. The van der Waals surface area contributed by atoms with Gasteiger partial charge in [0.25, 0.3) is 11.6 Å². The molecule has 1 aliphatic rings. The van der Waals surface area contributed by atoms with E-state index in [1.165, 1.54) is 13.0 Å². The second-order valence-electron chi connectivity index (χ2n) is 6.59. The van der Waals surface area contributed by atoms with Crippen molar-refractivity contribution < 1.29 is 14.5 Å². The number of ether oxygens (including phenoxy) is 1. The third-order valence-corrected chi connectivity index (χ3v) is 4.52. The molecule has 0 fully saturated rings. The number of H-pyrrole nitrogens is 1. The lowest BCUT2D eigenvalue weighted by Crippen LogP contribution is -2.25. The van der Waals surface area contributed by atoms with Gasteiger partial charge in [0.1, 0.15) is 5.69 Å². The number of para-hydroxylation sites is 1. The third-order valence-electron chi connectivity index (χ3n) is 4.52. The highest BCUT2D eigenvalue weighted by atomic mass is 16.6. The van der Waals surface area contributed by atoms with E-state index in [4.69, 9.17) is 4.74 Å². The van der Waals surface area contributed by atoms with E-state index < -0.39 is 17.1 Å². The van der Waals surface area contributed by atoms with Gasteiger partial charge in [-0.2, -0.15) is 10.1 Å². The molecule has 0 aliphatic carbocycles. The number of hydrogen-bond donors (Lipinski definition) is 1. The van der Waals surface area contributed by atoms with Crippen LogP contribution in [0.5, 0.6) is 0 Å². The van der Waals surface area contributed by atoms with E-state index in [-0.39, 0.29) is 17.1 Å². The van der Waals surface area contributed by atoms with E-state index in [1.54, 1.807) is 24.3 Å². The first-order valence-electron chi connectivity index (χ1n) is 8.85. The number of aromatic nitrogens is 2. The van der Waals surface area contributed by atoms with Crippen molar-refractivity contribution in [3.05, 3.63) is 81.5 Å². The van der Waals surface area contributed by atoms with Crippen molar-refractivity contribution in [1.82, 2.24) is 15.2 Å². The van der Waals surface area contributed by atoms with Crippen LogP contribution in [0.3, 0.4) is 0 Å². The van der Waals surface area contributed by atoms with Crippen LogP contribution in [0.4, 0.5) is 5.69 Å². The summed E-state index contributed by atoms with van der Waals surface area (Å²) >= 11 is 0. The van der Waals surface area contributed by atoms with Crippen molar-refractivity contribution in [1.29, 1.82) is 0 Å². The maximum Gasteiger partial charge on any atom is 0.278 e. The Bertz CT molecular complexity index is 1120. The van der Waals surface area contributed by atoms with E-state index in [0.717, 1.165) is 16.1 Å². The molecule has 1 atom stereocenters. The first-order valence-corrected chi connectivity index (χ1v) is 8.85. The van der Waals surface area contributed by atoms with Crippen LogP contribution < -0.4 is 0 Å². The highest BCUT2D eigenvalue weighted by molar-refractivity contribution is 5.95. The van der Waals surface area contributed by atoms with Gasteiger partial charge in [0.15, 0.2) is 0 Å². The standard InChI is InChI=1S/C20H17N5O4/c1-12-7-9-14(10-8-12)16-11-17(22-21-16)19-23-24(13(2)26)20(29-19)15-5-3-4-6-18(15)25(27)28/h3-11,20H,1-2H3,(H,21,22). The second kappa shape index (κ2) is 7.19. The van der Waals surface area contributed by atoms with Gasteiger partial charge in [-0.3, -0.25) is 20.0 Å². The van der Waals surface area contributed by atoms with Crippen molar-refractivity contribution in [2.75, 3.05) is 0 Å². The van der Waals surface area contributed by atoms with E-state index in [2.05, 4.69) is 15.3 Å². The minimum atomic E-state index is -1.03. The second-order valence-corrected chi connectivity index (χ2v) is 6.59. The predicted molar refractivity (Wildman–Crippen MR) is 105 cm³/mol. The smallest absolute Gasteiger partial charge is 0.278 e. The Kier molecular flexibility index (Phi) is 4.55. The summed E-state index contributed by atoms with van der Waals surface area (Å²) in [7, 11) is 0. The van der Waals surface area contributed by atoms with Gasteiger partial charge in [0, 0.05) is 18.6 Å². The number of aromatic amines is 1. The third kappa shape index (κ3) is 3.45. The molecule has 0 spiro atoms. The molecule has 1 aliphatic heterocycles. The topological polar surface area (TPSA) is 114 Å². The number of nitrogens with one attached hydrogen (secondary N) is 1. The number of benzene rings is 2. The summed E-state index contributed by atoms with van der Waals surface area (Å²) in [4.78, 5) is 23.0. The molecular weight excluding hydrogens is 374 g/mol. The number of nitro benzene ring substituents is 1. The molecule has 9 nitrogen and oxygen atoms in total.